The van der Waals surface area contributed by atoms with Gasteiger partial charge in [0.15, 0.2) is 0 Å². The van der Waals surface area contributed by atoms with Crippen molar-refractivity contribution >= 4 is 24.2 Å². The summed E-state index contributed by atoms with van der Waals surface area (Å²) in [5.41, 5.74) is 3.00. The molecular weight excluding hydrogens is 491 g/mol. The first-order chi connectivity index (χ1) is 17.2. The molecule has 6 heteroatoms. The van der Waals surface area contributed by atoms with Crippen molar-refractivity contribution < 1.29 is 13.0 Å². The zero-order valence-electron chi connectivity index (χ0n) is 22.3. The monoisotopic (exact) mass is 533 g/mol. The number of hydrogen-bond acceptors (Lipinski definition) is 1. The summed E-state index contributed by atoms with van der Waals surface area (Å²) in [4.78, 5) is 0. The van der Waals surface area contributed by atoms with Gasteiger partial charge in [-0.25, -0.2) is 17.3 Å². The molecule has 0 radical (unpaired) electrons. The molecule has 2 atom stereocenters. The molecule has 0 heterocycles. The van der Waals surface area contributed by atoms with E-state index >= 15 is 0 Å². The SMILES string of the molecule is CN(C(c1cc(F)cc(F)c1)c1ccccc1P(C1CCCCC1)C1CCCCC1)S(=O)C(C)(C)C. The van der Waals surface area contributed by atoms with Crippen LogP contribution < -0.4 is 5.30 Å². The molecule has 0 bridgehead atoms. The summed E-state index contributed by atoms with van der Waals surface area (Å²) in [6.45, 7) is 5.85. The maximum atomic E-state index is 14.5. The average molecular weight is 534 g/mol. The van der Waals surface area contributed by atoms with E-state index in [9.17, 15) is 13.0 Å². The molecule has 0 aromatic heterocycles. The molecular formula is C30H42F2NOPS. The first kappa shape index (κ1) is 27.9. The van der Waals surface area contributed by atoms with Gasteiger partial charge in [-0.3, -0.25) is 0 Å². The van der Waals surface area contributed by atoms with Crippen molar-refractivity contribution in [3.05, 3.63) is 65.2 Å². The Labute approximate surface area is 220 Å². The highest BCUT2D eigenvalue weighted by molar-refractivity contribution is 7.84. The van der Waals surface area contributed by atoms with E-state index in [4.69, 9.17) is 0 Å². The fraction of sp³-hybridized carbons (Fsp3) is 0.600. The van der Waals surface area contributed by atoms with E-state index < -0.39 is 41.3 Å². The van der Waals surface area contributed by atoms with Crippen LogP contribution in [0.1, 0.15) is 102 Å². The zero-order chi connectivity index (χ0) is 25.9. The fourth-order valence-corrected chi connectivity index (χ4v) is 11.5. The van der Waals surface area contributed by atoms with Crippen LogP contribution in [0.4, 0.5) is 8.78 Å². The van der Waals surface area contributed by atoms with Gasteiger partial charge in [-0.2, -0.15) is 0 Å². The van der Waals surface area contributed by atoms with Crippen LogP contribution in [0, 0.1) is 11.6 Å². The second-order valence-corrected chi connectivity index (χ2v) is 16.6. The molecule has 2 fully saturated rings. The van der Waals surface area contributed by atoms with E-state index in [1.807, 2.05) is 38.2 Å². The summed E-state index contributed by atoms with van der Waals surface area (Å²) in [6, 6.07) is 11.8. The Bertz CT molecular complexity index is 1010. The number of nitrogens with zero attached hydrogens (tertiary/aromatic N) is 1. The molecule has 2 unspecified atom stereocenters. The molecule has 198 valence electrons. The Morgan fingerprint density at radius 3 is 1.86 bits per heavy atom. The molecule has 0 N–H and O–H groups in total. The highest BCUT2D eigenvalue weighted by Crippen LogP contribution is 2.56. The molecule has 0 amide bonds. The molecule has 2 aromatic carbocycles. The van der Waals surface area contributed by atoms with Gasteiger partial charge >= 0.3 is 0 Å². The average Bonchev–Trinajstić information content (AvgIpc) is 2.85. The van der Waals surface area contributed by atoms with Gasteiger partial charge in [-0.15, -0.1) is 0 Å². The van der Waals surface area contributed by atoms with Crippen LogP contribution in [0.5, 0.6) is 0 Å². The topological polar surface area (TPSA) is 20.3 Å². The minimum atomic E-state index is -1.36. The van der Waals surface area contributed by atoms with Crippen molar-refractivity contribution in [2.24, 2.45) is 0 Å². The van der Waals surface area contributed by atoms with Crippen molar-refractivity contribution in [2.75, 3.05) is 7.05 Å². The third-order valence-corrected chi connectivity index (χ3v) is 13.1. The highest BCUT2D eigenvalue weighted by atomic mass is 32.2. The molecule has 2 aliphatic rings. The van der Waals surface area contributed by atoms with Crippen LogP contribution in [-0.4, -0.2) is 31.6 Å². The van der Waals surface area contributed by atoms with Gasteiger partial charge in [0.1, 0.15) is 22.6 Å². The third kappa shape index (κ3) is 6.45. The quantitative estimate of drug-likeness (QED) is 0.328. The number of benzene rings is 2. The standard InChI is InChI=1S/C30H42F2NOPS/c1-30(2,3)36(34)33(4)29(22-19-23(31)21-24(32)20-22)27-17-11-12-18-28(27)35(25-13-7-5-8-14-25)26-15-9-6-10-16-26/h11-12,17-21,25-26,29H,5-10,13-16H2,1-4H3. The second kappa shape index (κ2) is 12.1. The predicted octanol–water partition coefficient (Wildman–Crippen LogP) is 8.22. The molecule has 2 aromatic rings. The van der Waals surface area contributed by atoms with E-state index in [2.05, 4.69) is 18.2 Å². The minimum Gasteiger partial charge on any atom is -0.242 e. The van der Waals surface area contributed by atoms with E-state index in [0.717, 1.165) is 11.6 Å². The van der Waals surface area contributed by atoms with Crippen molar-refractivity contribution in [3.8, 4) is 0 Å². The summed E-state index contributed by atoms with van der Waals surface area (Å²) >= 11 is 0. The molecule has 2 nitrogen and oxygen atoms in total. The Balaban J connectivity index is 1.87. The van der Waals surface area contributed by atoms with Crippen LogP contribution in [0.3, 0.4) is 0 Å². The third-order valence-electron chi connectivity index (χ3n) is 7.80. The van der Waals surface area contributed by atoms with Crippen LogP contribution >= 0.6 is 7.92 Å². The zero-order valence-corrected chi connectivity index (χ0v) is 24.0. The maximum absolute atomic E-state index is 14.5. The largest absolute Gasteiger partial charge is 0.242 e. The summed E-state index contributed by atoms with van der Waals surface area (Å²) in [7, 11) is 0.0444. The molecule has 0 aliphatic heterocycles. The number of halogens is 2. The summed E-state index contributed by atoms with van der Waals surface area (Å²) in [5.74, 6) is -1.19. The molecule has 2 saturated carbocycles. The molecule has 4 rings (SSSR count). The summed E-state index contributed by atoms with van der Waals surface area (Å²) in [5, 5.41) is 1.36. The molecule has 36 heavy (non-hydrogen) atoms. The van der Waals surface area contributed by atoms with Crippen LogP contribution in [0.2, 0.25) is 0 Å². The van der Waals surface area contributed by atoms with Crippen molar-refractivity contribution in [1.29, 1.82) is 0 Å². The minimum absolute atomic E-state index is 0.436. The maximum Gasteiger partial charge on any atom is 0.126 e. The summed E-state index contributed by atoms with van der Waals surface area (Å²) < 4.78 is 44.0. The van der Waals surface area contributed by atoms with E-state index in [-0.39, 0.29) is 0 Å². The van der Waals surface area contributed by atoms with Gasteiger partial charge in [0.2, 0.25) is 0 Å². The normalized spacial score (nSPS) is 20.1. The Hall–Kier alpha value is -1.16. The lowest BCUT2D eigenvalue weighted by Crippen LogP contribution is -2.39. The van der Waals surface area contributed by atoms with Gasteiger partial charge < -0.3 is 0 Å². The number of hydrogen-bond donors (Lipinski definition) is 0. The fourth-order valence-electron chi connectivity index (χ4n) is 6.21. The van der Waals surface area contributed by atoms with Crippen molar-refractivity contribution in [3.63, 3.8) is 0 Å². The molecule has 0 saturated heterocycles. The Morgan fingerprint density at radius 2 is 1.36 bits per heavy atom. The lowest BCUT2D eigenvalue weighted by atomic mass is 9.98. The van der Waals surface area contributed by atoms with Crippen molar-refractivity contribution in [2.45, 2.75) is 107 Å². The van der Waals surface area contributed by atoms with Gasteiger partial charge in [-0.1, -0.05) is 70.7 Å². The van der Waals surface area contributed by atoms with Gasteiger partial charge in [0, 0.05) is 13.1 Å². The Morgan fingerprint density at radius 1 is 0.861 bits per heavy atom. The van der Waals surface area contributed by atoms with Crippen molar-refractivity contribution in [1.82, 2.24) is 4.31 Å². The van der Waals surface area contributed by atoms with Gasteiger partial charge in [0.25, 0.3) is 0 Å². The smallest absolute Gasteiger partial charge is 0.126 e. The Kier molecular flexibility index (Phi) is 9.39. The van der Waals surface area contributed by atoms with Gasteiger partial charge in [-0.05, 0) is 86.3 Å². The van der Waals surface area contributed by atoms with E-state index in [0.29, 0.717) is 16.9 Å². The second-order valence-electron chi connectivity index (χ2n) is 11.6. The van der Waals surface area contributed by atoms with E-state index in [1.54, 1.807) is 0 Å². The highest BCUT2D eigenvalue weighted by Gasteiger charge is 2.37. The lowest BCUT2D eigenvalue weighted by Gasteiger charge is -2.41. The molecule has 2 aliphatic carbocycles. The number of rotatable bonds is 7. The van der Waals surface area contributed by atoms with Gasteiger partial charge in [0.05, 0.1) is 10.8 Å². The molecule has 0 spiro atoms. The first-order valence-corrected chi connectivity index (χ1v) is 16.2. The lowest BCUT2D eigenvalue weighted by molar-refractivity contribution is 0.436. The summed E-state index contributed by atoms with van der Waals surface area (Å²) in [6.07, 6.45) is 12.9. The van der Waals surface area contributed by atoms with Crippen LogP contribution in [0.15, 0.2) is 42.5 Å². The van der Waals surface area contributed by atoms with Crippen LogP contribution in [0.25, 0.3) is 0 Å². The van der Waals surface area contributed by atoms with E-state index in [1.165, 1.54) is 81.6 Å². The predicted molar refractivity (Wildman–Crippen MR) is 151 cm³/mol. The first-order valence-electron chi connectivity index (χ1n) is 13.6. The van der Waals surface area contributed by atoms with Crippen LogP contribution in [-0.2, 0) is 11.0 Å².